The predicted molar refractivity (Wildman–Crippen MR) is 118 cm³/mol. The summed E-state index contributed by atoms with van der Waals surface area (Å²) in [6, 6.07) is -0.0810. The molecule has 2 aromatic rings. The lowest BCUT2D eigenvalue weighted by Gasteiger charge is -2.25. The number of fused-ring (bicyclic) bond motifs is 1. The first-order chi connectivity index (χ1) is 16.6. The van der Waals surface area contributed by atoms with E-state index < -0.39 is 42.5 Å². The number of nitrogens with one attached hydrogen (secondary N) is 1. The van der Waals surface area contributed by atoms with E-state index in [1.54, 1.807) is 4.90 Å². The number of rotatable bonds is 6. The Labute approximate surface area is 197 Å². The molecule has 35 heavy (non-hydrogen) atoms. The Hall–Kier alpha value is -3.25. The Morgan fingerprint density at radius 2 is 1.97 bits per heavy atom. The molecule has 13 heteroatoms. The number of anilines is 1. The SMILES string of the molecule is COc1c(N2C[C@@H](NC(C)=O)C3(CC3)C2)c(F)cc2c(=O)c(C(=O)OB(F)F)cn([C@@H]3C[C@@H]3F)c12. The van der Waals surface area contributed by atoms with Gasteiger partial charge in [0, 0.05) is 38.0 Å². The fourth-order valence-electron chi connectivity index (χ4n) is 5.17. The van der Waals surface area contributed by atoms with Crippen molar-refractivity contribution in [3.05, 3.63) is 33.9 Å². The Morgan fingerprint density at radius 3 is 2.51 bits per heavy atom. The van der Waals surface area contributed by atoms with Crippen LogP contribution in [0, 0.1) is 11.2 Å². The third-order valence-corrected chi connectivity index (χ3v) is 7.09. The fourth-order valence-corrected chi connectivity index (χ4v) is 5.17. The average Bonchev–Trinajstić information content (AvgIpc) is 3.67. The van der Waals surface area contributed by atoms with Crippen molar-refractivity contribution >= 4 is 35.9 Å². The molecule has 1 amide bonds. The van der Waals surface area contributed by atoms with E-state index in [4.69, 9.17) is 4.74 Å². The van der Waals surface area contributed by atoms with Gasteiger partial charge in [0.25, 0.3) is 0 Å². The van der Waals surface area contributed by atoms with Crippen LogP contribution in [-0.4, -0.2) is 56.3 Å². The first kappa shape index (κ1) is 23.5. The van der Waals surface area contributed by atoms with Gasteiger partial charge in [0.2, 0.25) is 11.3 Å². The molecule has 2 saturated carbocycles. The summed E-state index contributed by atoms with van der Waals surface area (Å²) < 4.78 is 65.6. The van der Waals surface area contributed by atoms with E-state index in [2.05, 4.69) is 9.97 Å². The summed E-state index contributed by atoms with van der Waals surface area (Å²) in [4.78, 5) is 38.6. The maximum atomic E-state index is 15.6. The molecule has 3 atom stereocenters. The number of benzene rings is 1. The van der Waals surface area contributed by atoms with Crippen LogP contribution in [0.5, 0.6) is 5.75 Å². The van der Waals surface area contributed by atoms with E-state index in [0.29, 0.717) is 13.1 Å². The number of carbonyl (C=O) groups is 2. The summed E-state index contributed by atoms with van der Waals surface area (Å²) in [6.07, 6.45) is 1.45. The van der Waals surface area contributed by atoms with Gasteiger partial charge in [0.15, 0.2) is 11.6 Å². The molecule has 1 aromatic heterocycles. The second-order valence-electron chi connectivity index (χ2n) is 9.40. The van der Waals surface area contributed by atoms with Gasteiger partial charge in [-0.15, -0.1) is 0 Å². The molecule has 3 fully saturated rings. The molecule has 1 aliphatic heterocycles. The third-order valence-electron chi connectivity index (χ3n) is 7.09. The number of alkyl halides is 1. The van der Waals surface area contributed by atoms with Crippen molar-refractivity contribution in [2.75, 3.05) is 25.1 Å². The van der Waals surface area contributed by atoms with Crippen LogP contribution in [0.1, 0.15) is 42.6 Å². The summed E-state index contributed by atoms with van der Waals surface area (Å²) >= 11 is 0. The molecule has 186 valence electrons. The van der Waals surface area contributed by atoms with Crippen LogP contribution in [0.3, 0.4) is 0 Å². The molecule has 0 bridgehead atoms. The Bertz CT molecular complexity index is 1300. The quantitative estimate of drug-likeness (QED) is 0.490. The summed E-state index contributed by atoms with van der Waals surface area (Å²) in [5.74, 6) is -2.66. The van der Waals surface area contributed by atoms with Crippen LogP contribution >= 0.6 is 0 Å². The molecule has 2 heterocycles. The summed E-state index contributed by atoms with van der Waals surface area (Å²) in [5, 5.41) is 2.60. The second-order valence-corrected chi connectivity index (χ2v) is 9.40. The van der Waals surface area contributed by atoms with E-state index in [-0.39, 0.29) is 46.1 Å². The minimum Gasteiger partial charge on any atom is -0.492 e. The lowest BCUT2D eigenvalue weighted by atomic mass is 10.0. The zero-order chi connectivity index (χ0) is 25.2. The predicted octanol–water partition coefficient (Wildman–Crippen LogP) is 2.62. The van der Waals surface area contributed by atoms with Gasteiger partial charge in [0.1, 0.15) is 17.4 Å². The van der Waals surface area contributed by atoms with E-state index in [1.165, 1.54) is 18.6 Å². The summed E-state index contributed by atoms with van der Waals surface area (Å²) in [7, 11) is -2.18. The van der Waals surface area contributed by atoms with Crippen LogP contribution in [-0.2, 0) is 9.45 Å². The van der Waals surface area contributed by atoms with Crippen molar-refractivity contribution < 1.29 is 36.4 Å². The first-order valence-corrected chi connectivity index (χ1v) is 11.2. The van der Waals surface area contributed by atoms with Crippen LogP contribution in [0.4, 0.5) is 23.1 Å². The second kappa shape index (κ2) is 8.16. The van der Waals surface area contributed by atoms with Crippen molar-refractivity contribution in [2.45, 2.75) is 44.4 Å². The maximum Gasteiger partial charge on any atom is 0.798 e. The van der Waals surface area contributed by atoms with E-state index in [9.17, 15) is 27.4 Å². The lowest BCUT2D eigenvalue weighted by Crippen LogP contribution is -2.40. The number of hydrogen-bond acceptors (Lipinski definition) is 6. The zero-order valence-electron chi connectivity index (χ0n) is 18.9. The topological polar surface area (TPSA) is 89.9 Å². The van der Waals surface area contributed by atoms with Gasteiger partial charge in [-0.3, -0.25) is 9.59 Å². The number of ether oxygens (including phenoxy) is 1. The van der Waals surface area contributed by atoms with Gasteiger partial charge in [-0.2, -0.15) is 0 Å². The molecule has 0 radical (unpaired) electrons. The molecule has 1 spiro atoms. The highest BCUT2D eigenvalue weighted by molar-refractivity contribution is 6.38. The molecule has 2 aliphatic carbocycles. The van der Waals surface area contributed by atoms with E-state index >= 15 is 4.39 Å². The largest absolute Gasteiger partial charge is 0.798 e. The standard InChI is InChI=1S/C22H22BF4N3O5/c1-10(31)28-16-8-29(9-22(16)3-4-22)18-14(25)5-11-17(20(18)34-2)30(15-6-13(15)24)7-12(19(11)32)21(33)35-23(26)27/h5,7,13,15-16H,3-4,6,8-9H2,1-2H3,(H,28,31)/t13-,15+,16+/m0/s1. The molecular weight excluding hydrogens is 473 g/mol. The number of amides is 1. The number of pyridine rings is 1. The maximum absolute atomic E-state index is 15.6. The molecule has 1 saturated heterocycles. The van der Waals surface area contributed by atoms with Crippen LogP contribution in [0.15, 0.2) is 17.1 Å². The van der Waals surface area contributed by atoms with Gasteiger partial charge >= 0.3 is 13.4 Å². The van der Waals surface area contributed by atoms with Crippen LogP contribution in [0.2, 0.25) is 0 Å². The van der Waals surface area contributed by atoms with Crippen molar-refractivity contribution in [1.29, 1.82) is 0 Å². The Kier molecular flexibility index (Phi) is 5.48. The molecule has 5 rings (SSSR count). The number of hydrogen-bond donors (Lipinski definition) is 1. The van der Waals surface area contributed by atoms with Crippen molar-refractivity contribution in [1.82, 2.24) is 9.88 Å². The van der Waals surface area contributed by atoms with Gasteiger partial charge in [-0.05, 0) is 18.9 Å². The highest BCUT2D eigenvalue weighted by Gasteiger charge is 2.56. The first-order valence-electron chi connectivity index (χ1n) is 11.2. The highest BCUT2D eigenvalue weighted by Crippen LogP contribution is 2.55. The molecule has 1 aromatic carbocycles. The minimum atomic E-state index is -3.46. The molecule has 8 nitrogen and oxygen atoms in total. The van der Waals surface area contributed by atoms with Gasteiger partial charge in [-0.25, -0.2) is 22.2 Å². The Morgan fingerprint density at radius 1 is 1.29 bits per heavy atom. The zero-order valence-corrected chi connectivity index (χ0v) is 18.9. The number of nitrogens with zero attached hydrogens (tertiary/aromatic N) is 2. The van der Waals surface area contributed by atoms with Gasteiger partial charge in [-0.1, -0.05) is 0 Å². The highest BCUT2D eigenvalue weighted by atomic mass is 19.2. The lowest BCUT2D eigenvalue weighted by molar-refractivity contribution is -0.119. The normalized spacial score (nSPS) is 23.9. The smallest absolute Gasteiger partial charge is 0.492 e. The number of halogens is 4. The third kappa shape index (κ3) is 3.90. The monoisotopic (exact) mass is 495 g/mol. The number of aromatic nitrogens is 1. The minimum absolute atomic E-state index is 0.0377. The van der Waals surface area contributed by atoms with E-state index in [0.717, 1.165) is 25.1 Å². The summed E-state index contributed by atoms with van der Waals surface area (Å²) in [5.41, 5.74) is -1.87. The molecule has 3 aliphatic rings. The van der Waals surface area contributed by atoms with E-state index in [1.807, 2.05) is 0 Å². The van der Waals surface area contributed by atoms with Crippen LogP contribution in [0.25, 0.3) is 10.9 Å². The van der Waals surface area contributed by atoms with Crippen molar-refractivity contribution in [3.8, 4) is 5.75 Å². The van der Waals surface area contributed by atoms with Crippen molar-refractivity contribution in [2.24, 2.45) is 5.41 Å². The van der Waals surface area contributed by atoms with Gasteiger partial charge < -0.3 is 24.2 Å². The number of methoxy groups -OCH3 is 1. The molecule has 0 unspecified atom stereocenters. The van der Waals surface area contributed by atoms with Crippen molar-refractivity contribution in [3.63, 3.8) is 0 Å². The average molecular weight is 495 g/mol. The van der Waals surface area contributed by atoms with Gasteiger partial charge in [0.05, 0.1) is 30.1 Å². The number of carbonyl (C=O) groups excluding carboxylic acids is 2. The van der Waals surface area contributed by atoms with Crippen LogP contribution < -0.4 is 20.4 Å². The molecule has 1 N–H and O–H groups in total. The fraction of sp³-hybridized carbons (Fsp3) is 0.500. The summed E-state index contributed by atoms with van der Waals surface area (Å²) in [6.45, 7) is 2.15. The Balaban J connectivity index is 1.68. The molecular formula is C22H22BF4N3O5.